The van der Waals surface area contributed by atoms with Crippen LogP contribution in [0, 0.1) is 0 Å². The molecule has 1 aromatic carbocycles. The smallest absolute Gasteiger partial charge is 0.223 e. The lowest BCUT2D eigenvalue weighted by atomic mass is 9.99. The van der Waals surface area contributed by atoms with Crippen LogP contribution in [0.2, 0.25) is 0 Å². The zero-order valence-corrected chi connectivity index (χ0v) is 14.7. The number of aryl methyl sites for hydroxylation is 1. The van der Waals surface area contributed by atoms with Crippen molar-refractivity contribution < 1.29 is 4.79 Å². The standard InChI is InChI=1S/C20H19N3OS/c24-20(23-12-10-15-5-1-2-6-16(15)13-23)9-8-19-22-18(14-25-19)17-7-3-4-11-21-17/h1-7,11,14H,8-10,12-13H2. The molecule has 0 spiro atoms. The largest absolute Gasteiger partial charge is 0.338 e. The first-order valence-corrected chi connectivity index (χ1v) is 9.38. The van der Waals surface area contributed by atoms with Crippen molar-refractivity contribution in [3.05, 3.63) is 70.2 Å². The third-order valence-electron chi connectivity index (χ3n) is 4.52. The summed E-state index contributed by atoms with van der Waals surface area (Å²) in [7, 11) is 0. The second-order valence-electron chi connectivity index (χ2n) is 6.18. The molecule has 25 heavy (non-hydrogen) atoms. The highest BCUT2D eigenvalue weighted by molar-refractivity contribution is 7.09. The third kappa shape index (κ3) is 3.61. The molecule has 4 nitrogen and oxygen atoms in total. The molecule has 3 aromatic rings. The van der Waals surface area contributed by atoms with Crippen LogP contribution in [0.1, 0.15) is 22.6 Å². The van der Waals surface area contributed by atoms with Gasteiger partial charge < -0.3 is 4.90 Å². The Morgan fingerprint density at radius 2 is 1.92 bits per heavy atom. The Morgan fingerprint density at radius 1 is 1.08 bits per heavy atom. The number of hydrogen-bond donors (Lipinski definition) is 0. The molecular formula is C20H19N3OS. The summed E-state index contributed by atoms with van der Waals surface area (Å²) in [6.07, 6.45) is 3.92. The van der Waals surface area contributed by atoms with Crippen molar-refractivity contribution in [3.8, 4) is 11.4 Å². The van der Waals surface area contributed by atoms with E-state index in [1.165, 1.54) is 11.1 Å². The summed E-state index contributed by atoms with van der Waals surface area (Å²) in [5.74, 6) is 0.212. The molecule has 3 heterocycles. The number of pyridine rings is 1. The SMILES string of the molecule is O=C(CCc1nc(-c2ccccn2)cs1)N1CCc2ccccc2C1. The van der Waals surface area contributed by atoms with Crippen LogP contribution < -0.4 is 0 Å². The summed E-state index contributed by atoms with van der Waals surface area (Å²) in [5.41, 5.74) is 4.41. The molecule has 0 unspecified atom stereocenters. The zero-order chi connectivity index (χ0) is 17.1. The minimum atomic E-state index is 0.212. The Bertz CT molecular complexity index is 875. The molecule has 0 fully saturated rings. The van der Waals surface area contributed by atoms with Crippen molar-refractivity contribution >= 4 is 17.2 Å². The van der Waals surface area contributed by atoms with Crippen LogP contribution in [-0.4, -0.2) is 27.3 Å². The summed E-state index contributed by atoms with van der Waals surface area (Å²) in [4.78, 5) is 23.5. The van der Waals surface area contributed by atoms with Gasteiger partial charge >= 0.3 is 0 Å². The molecule has 4 rings (SSSR count). The van der Waals surface area contributed by atoms with E-state index in [-0.39, 0.29) is 5.91 Å². The zero-order valence-electron chi connectivity index (χ0n) is 13.9. The van der Waals surface area contributed by atoms with Crippen molar-refractivity contribution in [1.29, 1.82) is 0 Å². The molecule has 1 aliphatic rings. The highest BCUT2D eigenvalue weighted by Gasteiger charge is 2.20. The van der Waals surface area contributed by atoms with E-state index in [4.69, 9.17) is 0 Å². The van der Waals surface area contributed by atoms with Gasteiger partial charge in [-0.2, -0.15) is 0 Å². The van der Waals surface area contributed by atoms with Crippen LogP contribution >= 0.6 is 11.3 Å². The van der Waals surface area contributed by atoms with E-state index >= 15 is 0 Å². The fraction of sp³-hybridized carbons (Fsp3) is 0.250. The Morgan fingerprint density at radius 3 is 2.76 bits per heavy atom. The first kappa shape index (κ1) is 16.0. The van der Waals surface area contributed by atoms with Gasteiger partial charge in [-0.1, -0.05) is 30.3 Å². The molecule has 1 amide bonds. The monoisotopic (exact) mass is 349 g/mol. The molecule has 1 aliphatic heterocycles. The second-order valence-corrected chi connectivity index (χ2v) is 7.12. The van der Waals surface area contributed by atoms with E-state index in [2.05, 4.69) is 28.2 Å². The van der Waals surface area contributed by atoms with Gasteiger partial charge in [0.15, 0.2) is 0 Å². The van der Waals surface area contributed by atoms with E-state index in [1.807, 2.05) is 34.5 Å². The minimum Gasteiger partial charge on any atom is -0.338 e. The van der Waals surface area contributed by atoms with Gasteiger partial charge in [0.1, 0.15) is 0 Å². The molecule has 0 saturated carbocycles. The number of carbonyl (C=O) groups is 1. The van der Waals surface area contributed by atoms with E-state index in [1.54, 1.807) is 17.5 Å². The molecule has 0 bridgehead atoms. The number of thiazole rings is 1. The lowest BCUT2D eigenvalue weighted by Gasteiger charge is -2.28. The van der Waals surface area contributed by atoms with Gasteiger partial charge in [0.05, 0.1) is 16.4 Å². The topological polar surface area (TPSA) is 46.1 Å². The average molecular weight is 349 g/mol. The van der Waals surface area contributed by atoms with Crippen LogP contribution in [-0.2, 0) is 24.2 Å². The van der Waals surface area contributed by atoms with Gasteiger partial charge in [0.25, 0.3) is 0 Å². The molecular weight excluding hydrogens is 330 g/mol. The summed E-state index contributed by atoms with van der Waals surface area (Å²) < 4.78 is 0. The maximum atomic E-state index is 12.5. The number of hydrogen-bond acceptors (Lipinski definition) is 4. The number of carbonyl (C=O) groups excluding carboxylic acids is 1. The Kier molecular flexibility index (Phi) is 4.57. The maximum Gasteiger partial charge on any atom is 0.223 e. The van der Waals surface area contributed by atoms with Gasteiger partial charge in [0, 0.05) is 37.5 Å². The van der Waals surface area contributed by atoms with Crippen molar-refractivity contribution in [2.24, 2.45) is 0 Å². The van der Waals surface area contributed by atoms with E-state index in [0.717, 1.165) is 35.9 Å². The van der Waals surface area contributed by atoms with Crippen LogP contribution in [0.3, 0.4) is 0 Å². The van der Waals surface area contributed by atoms with Crippen molar-refractivity contribution in [2.75, 3.05) is 6.54 Å². The Balaban J connectivity index is 1.36. The average Bonchev–Trinajstić information content (AvgIpc) is 3.15. The van der Waals surface area contributed by atoms with Gasteiger partial charge in [-0.3, -0.25) is 9.78 Å². The van der Waals surface area contributed by atoms with Gasteiger partial charge in [-0.05, 0) is 29.7 Å². The maximum absolute atomic E-state index is 12.5. The first-order valence-electron chi connectivity index (χ1n) is 8.50. The minimum absolute atomic E-state index is 0.212. The van der Waals surface area contributed by atoms with Crippen molar-refractivity contribution in [2.45, 2.75) is 25.8 Å². The van der Waals surface area contributed by atoms with Gasteiger partial charge in [-0.15, -0.1) is 11.3 Å². The number of aromatic nitrogens is 2. The lowest BCUT2D eigenvalue weighted by molar-refractivity contribution is -0.132. The van der Waals surface area contributed by atoms with Gasteiger partial charge in [0.2, 0.25) is 5.91 Å². The van der Waals surface area contributed by atoms with E-state index < -0.39 is 0 Å². The van der Waals surface area contributed by atoms with Crippen LogP contribution in [0.5, 0.6) is 0 Å². The number of benzene rings is 1. The molecule has 0 radical (unpaired) electrons. The van der Waals surface area contributed by atoms with Crippen molar-refractivity contribution in [1.82, 2.24) is 14.9 Å². The lowest BCUT2D eigenvalue weighted by Crippen LogP contribution is -2.36. The van der Waals surface area contributed by atoms with Crippen LogP contribution in [0.25, 0.3) is 11.4 Å². The normalized spacial score (nSPS) is 13.5. The van der Waals surface area contributed by atoms with Crippen molar-refractivity contribution in [3.63, 3.8) is 0 Å². The highest BCUT2D eigenvalue weighted by Crippen LogP contribution is 2.22. The second kappa shape index (κ2) is 7.15. The molecule has 126 valence electrons. The fourth-order valence-electron chi connectivity index (χ4n) is 3.14. The van der Waals surface area contributed by atoms with E-state index in [9.17, 15) is 4.79 Å². The number of fused-ring (bicyclic) bond motifs is 1. The highest BCUT2D eigenvalue weighted by atomic mass is 32.1. The number of amides is 1. The summed E-state index contributed by atoms with van der Waals surface area (Å²) in [5, 5.41) is 3.01. The van der Waals surface area contributed by atoms with Crippen LogP contribution in [0.4, 0.5) is 0 Å². The summed E-state index contributed by atoms with van der Waals surface area (Å²) in [6.45, 7) is 1.54. The summed E-state index contributed by atoms with van der Waals surface area (Å²) in [6, 6.07) is 14.2. The first-order chi connectivity index (χ1) is 12.3. The molecule has 2 aromatic heterocycles. The molecule has 5 heteroatoms. The Hall–Kier alpha value is -2.53. The molecule has 0 atom stereocenters. The molecule has 0 N–H and O–H groups in total. The van der Waals surface area contributed by atoms with E-state index in [0.29, 0.717) is 12.8 Å². The predicted octanol–water partition coefficient (Wildman–Crippen LogP) is 3.72. The number of nitrogens with zero attached hydrogens (tertiary/aromatic N) is 3. The van der Waals surface area contributed by atoms with Crippen LogP contribution in [0.15, 0.2) is 54.0 Å². The third-order valence-corrected chi connectivity index (χ3v) is 5.42. The quantitative estimate of drug-likeness (QED) is 0.721. The molecule has 0 aliphatic carbocycles. The molecule has 0 saturated heterocycles. The number of rotatable bonds is 4. The predicted molar refractivity (Wildman–Crippen MR) is 99.2 cm³/mol. The fourth-order valence-corrected chi connectivity index (χ4v) is 3.93. The Labute approximate surface area is 151 Å². The van der Waals surface area contributed by atoms with Gasteiger partial charge in [-0.25, -0.2) is 4.98 Å². The summed E-state index contributed by atoms with van der Waals surface area (Å²) >= 11 is 1.60.